The van der Waals surface area contributed by atoms with Crippen molar-refractivity contribution in [3.05, 3.63) is 46.8 Å². The van der Waals surface area contributed by atoms with Crippen LogP contribution in [-0.2, 0) is 6.42 Å². The molecule has 27 heavy (non-hydrogen) atoms. The maximum Gasteiger partial charge on any atom is 0.272 e. The first-order valence-corrected chi connectivity index (χ1v) is 9.74. The predicted molar refractivity (Wildman–Crippen MR) is 109 cm³/mol. The number of nitrogens with one attached hydrogen (secondary N) is 1. The normalized spacial score (nSPS) is 15.0. The monoisotopic (exact) mass is 367 g/mol. The standard InChI is InChI=1S/C21H29N5O/c1-5-17-9-7-8-15(3)19(17)24-21-22-16(4)14-18(23-21)20(27)26-12-10-25(6-2)11-13-26/h7-9,14H,5-6,10-13H2,1-4H3,(H,22,23,24). The van der Waals surface area contributed by atoms with Crippen LogP contribution in [0, 0.1) is 13.8 Å². The van der Waals surface area contributed by atoms with Crippen LogP contribution >= 0.6 is 0 Å². The highest BCUT2D eigenvalue weighted by molar-refractivity contribution is 5.92. The first-order chi connectivity index (χ1) is 13.0. The van der Waals surface area contributed by atoms with E-state index in [0.29, 0.717) is 11.6 Å². The Labute approximate surface area is 161 Å². The van der Waals surface area contributed by atoms with Crippen LogP contribution in [0.1, 0.15) is 41.2 Å². The average Bonchev–Trinajstić information content (AvgIpc) is 2.68. The number of benzene rings is 1. The molecule has 0 radical (unpaired) electrons. The Kier molecular flexibility index (Phi) is 6.06. The first kappa shape index (κ1) is 19.3. The molecule has 6 nitrogen and oxygen atoms in total. The second-order valence-electron chi connectivity index (χ2n) is 7.03. The fourth-order valence-electron chi connectivity index (χ4n) is 3.48. The maximum atomic E-state index is 12.9. The molecule has 1 amide bonds. The van der Waals surface area contributed by atoms with Gasteiger partial charge < -0.3 is 15.1 Å². The first-order valence-electron chi connectivity index (χ1n) is 9.74. The van der Waals surface area contributed by atoms with Gasteiger partial charge in [0, 0.05) is 37.6 Å². The third-order valence-electron chi connectivity index (χ3n) is 5.16. The smallest absolute Gasteiger partial charge is 0.272 e. The van der Waals surface area contributed by atoms with E-state index in [1.165, 1.54) is 5.56 Å². The molecule has 1 fully saturated rings. The molecular formula is C21H29N5O. The summed E-state index contributed by atoms with van der Waals surface area (Å²) in [5.74, 6) is 0.467. The number of hydrogen-bond donors (Lipinski definition) is 1. The molecular weight excluding hydrogens is 338 g/mol. The van der Waals surface area contributed by atoms with Crippen LogP contribution in [0.15, 0.2) is 24.3 Å². The van der Waals surface area contributed by atoms with Gasteiger partial charge in [-0.25, -0.2) is 9.97 Å². The fraction of sp³-hybridized carbons (Fsp3) is 0.476. The number of nitrogens with zero attached hydrogens (tertiary/aromatic N) is 4. The van der Waals surface area contributed by atoms with E-state index in [1.54, 1.807) is 6.07 Å². The third-order valence-corrected chi connectivity index (χ3v) is 5.16. The molecule has 2 heterocycles. The van der Waals surface area contributed by atoms with Gasteiger partial charge in [-0.2, -0.15) is 0 Å². The lowest BCUT2D eigenvalue weighted by molar-refractivity contribution is 0.0637. The molecule has 1 N–H and O–H groups in total. The van der Waals surface area contributed by atoms with E-state index in [9.17, 15) is 4.79 Å². The Morgan fingerprint density at radius 1 is 1.11 bits per heavy atom. The zero-order chi connectivity index (χ0) is 19.4. The second kappa shape index (κ2) is 8.48. The molecule has 1 aromatic heterocycles. The largest absolute Gasteiger partial charge is 0.335 e. The topological polar surface area (TPSA) is 61.4 Å². The Balaban J connectivity index is 1.82. The summed E-state index contributed by atoms with van der Waals surface area (Å²) in [6, 6.07) is 8.00. The molecule has 3 rings (SSSR count). The van der Waals surface area contributed by atoms with Crippen LogP contribution < -0.4 is 5.32 Å². The minimum atomic E-state index is -0.0141. The van der Waals surface area contributed by atoms with Gasteiger partial charge >= 0.3 is 0 Å². The molecule has 144 valence electrons. The number of rotatable bonds is 5. The summed E-state index contributed by atoms with van der Waals surface area (Å²) < 4.78 is 0. The lowest BCUT2D eigenvalue weighted by atomic mass is 10.1. The van der Waals surface area contributed by atoms with Crippen molar-refractivity contribution in [2.24, 2.45) is 0 Å². The van der Waals surface area contributed by atoms with Gasteiger partial charge in [0.1, 0.15) is 5.69 Å². The Bertz CT molecular complexity index is 812. The summed E-state index contributed by atoms with van der Waals surface area (Å²) in [7, 11) is 0. The van der Waals surface area contributed by atoms with Crippen molar-refractivity contribution in [2.75, 3.05) is 38.0 Å². The maximum absolute atomic E-state index is 12.9. The van der Waals surface area contributed by atoms with Gasteiger partial charge in [-0.1, -0.05) is 32.0 Å². The van der Waals surface area contributed by atoms with E-state index in [1.807, 2.05) is 11.8 Å². The van der Waals surface area contributed by atoms with Gasteiger partial charge in [0.2, 0.25) is 5.95 Å². The number of likely N-dealkylation sites (N-methyl/N-ethyl adjacent to an activating group) is 1. The highest BCUT2D eigenvalue weighted by atomic mass is 16.2. The van der Waals surface area contributed by atoms with Gasteiger partial charge in [0.25, 0.3) is 5.91 Å². The van der Waals surface area contributed by atoms with Crippen LogP contribution in [0.2, 0.25) is 0 Å². The lowest BCUT2D eigenvalue weighted by Crippen LogP contribution is -2.48. The van der Waals surface area contributed by atoms with E-state index in [-0.39, 0.29) is 5.91 Å². The van der Waals surface area contributed by atoms with Crippen molar-refractivity contribution < 1.29 is 4.79 Å². The quantitative estimate of drug-likeness (QED) is 0.879. The summed E-state index contributed by atoms with van der Waals surface area (Å²) in [6.45, 7) is 12.6. The van der Waals surface area contributed by atoms with Crippen LogP contribution in [0.25, 0.3) is 0 Å². The van der Waals surface area contributed by atoms with Crippen LogP contribution in [0.3, 0.4) is 0 Å². The van der Waals surface area contributed by atoms with Crippen molar-refractivity contribution in [3.63, 3.8) is 0 Å². The summed E-state index contributed by atoms with van der Waals surface area (Å²) in [6.07, 6.45) is 0.920. The van der Waals surface area contributed by atoms with Gasteiger partial charge in [0.15, 0.2) is 0 Å². The zero-order valence-corrected chi connectivity index (χ0v) is 16.7. The Morgan fingerprint density at radius 3 is 2.52 bits per heavy atom. The molecule has 1 aromatic carbocycles. The number of carbonyl (C=O) groups is 1. The van der Waals surface area contributed by atoms with Crippen molar-refractivity contribution in [1.82, 2.24) is 19.8 Å². The summed E-state index contributed by atoms with van der Waals surface area (Å²) >= 11 is 0. The number of carbonyl (C=O) groups excluding carboxylic acids is 1. The van der Waals surface area contributed by atoms with Gasteiger partial charge in [-0.15, -0.1) is 0 Å². The highest BCUT2D eigenvalue weighted by Crippen LogP contribution is 2.24. The van der Waals surface area contributed by atoms with E-state index in [2.05, 4.69) is 59.2 Å². The second-order valence-corrected chi connectivity index (χ2v) is 7.03. The van der Waals surface area contributed by atoms with Crippen molar-refractivity contribution >= 4 is 17.5 Å². The number of para-hydroxylation sites is 1. The molecule has 0 spiro atoms. The molecule has 0 unspecified atom stereocenters. The van der Waals surface area contributed by atoms with E-state index in [4.69, 9.17) is 0 Å². The van der Waals surface area contributed by atoms with Crippen LogP contribution in [0.4, 0.5) is 11.6 Å². The average molecular weight is 367 g/mol. The van der Waals surface area contributed by atoms with Crippen LogP contribution in [-0.4, -0.2) is 58.4 Å². The van der Waals surface area contributed by atoms with E-state index < -0.39 is 0 Å². The van der Waals surface area contributed by atoms with Crippen molar-refractivity contribution in [3.8, 4) is 0 Å². The lowest BCUT2D eigenvalue weighted by Gasteiger charge is -2.33. The van der Waals surface area contributed by atoms with Gasteiger partial charge in [-0.3, -0.25) is 4.79 Å². The number of aryl methyl sites for hydroxylation is 3. The summed E-state index contributed by atoms with van der Waals surface area (Å²) in [5, 5.41) is 3.35. The Hall–Kier alpha value is -2.47. The number of hydrogen-bond acceptors (Lipinski definition) is 5. The molecule has 0 aliphatic carbocycles. The molecule has 0 atom stereocenters. The molecule has 6 heteroatoms. The van der Waals surface area contributed by atoms with E-state index >= 15 is 0 Å². The fourth-order valence-corrected chi connectivity index (χ4v) is 3.48. The molecule has 0 bridgehead atoms. The van der Waals surface area contributed by atoms with Gasteiger partial charge in [0.05, 0.1) is 0 Å². The molecule has 1 aliphatic rings. The Morgan fingerprint density at radius 2 is 1.85 bits per heavy atom. The molecule has 1 aliphatic heterocycles. The minimum Gasteiger partial charge on any atom is -0.335 e. The SMILES string of the molecule is CCc1cccc(C)c1Nc1nc(C)cc(C(=O)N2CCN(CC)CC2)n1. The van der Waals surface area contributed by atoms with Crippen molar-refractivity contribution in [1.29, 1.82) is 0 Å². The van der Waals surface area contributed by atoms with Crippen molar-refractivity contribution in [2.45, 2.75) is 34.1 Å². The number of amides is 1. The van der Waals surface area contributed by atoms with Crippen LogP contribution in [0.5, 0.6) is 0 Å². The number of piperazine rings is 1. The number of anilines is 2. The molecule has 2 aromatic rings. The molecule has 1 saturated heterocycles. The van der Waals surface area contributed by atoms with Gasteiger partial charge in [-0.05, 0) is 44.0 Å². The summed E-state index contributed by atoms with van der Waals surface area (Å²) in [4.78, 5) is 26.2. The van der Waals surface area contributed by atoms with E-state index in [0.717, 1.165) is 56.1 Å². The minimum absolute atomic E-state index is 0.0141. The third kappa shape index (κ3) is 4.45. The zero-order valence-electron chi connectivity index (χ0n) is 16.7. The summed E-state index contributed by atoms with van der Waals surface area (Å²) in [5.41, 5.74) is 4.63. The number of aromatic nitrogens is 2. The molecule has 0 saturated carbocycles. The highest BCUT2D eigenvalue weighted by Gasteiger charge is 2.23. The predicted octanol–water partition coefficient (Wildman–Crippen LogP) is 3.18.